The lowest BCUT2D eigenvalue weighted by Gasteiger charge is -2.10. The third-order valence-corrected chi connectivity index (χ3v) is 3.12. The van der Waals surface area contributed by atoms with Crippen molar-refractivity contribution >= 4 is 17.3 Å². The van der Waals surface area contributed by atoms with Crippen LogP contribution in [0.25, 0.3) is 11.4 Å². The summed E-state index contributed by atoms with van der Waals surface area (Å²) in [5.74, 6) is 1.05. The molecule has 1 aromatic heterocycles. The maximum absolute atomic E-state index is 9.29. The van der Waals surface area contributed by atoms with E-state index in [1.807, 2.05) is 60.7 Å². The van der Waals surface area contributed by atoms with Crippen LogP contribution in [0.1, 0.15) is 5.56 Å². The second-order valence-electron chi connectivity index (χ2n) is 4.62. The normalized spacial score (nSPS) is 9.95. The van der Waals surface area contributed by atoms with Gasteiger partial charge in [0.25, 0.3) is 0 Å². The maximum Gasteiger partial charge on any atom is 0.163 e. The van der Waals surface area contributed by atoms with Gasteiger partial charge in [0.1, 0.15) is 17.5 Å². The number of nitrogen functional groups attached to an aromatic ring is 1. The van der Waals surface area contributed by atoms with E-state index in [0.717, 1.165) is 11.3 Å². The molecule has 0 bridgehead atoms. The molecule has 0 atom stereocenters. The first kappa shape index (κ1) is 13.6. The standard InChI is InChI=1S/C17H13N5/c18-11-14-15(19)21-16(12-7-3-1-4-8-12)22-17(14)20-13-9-5-2-6-10-13/h1-10H,(H3,19,20,21,22). The smallest absolute Gasteiger partial charge is 0.163 e. The summed E-state index contributed by atoms with van der Waals surface area (Å²) in [5, 5.41) is 12.4. The molecule has 0 fully saturated rings. The number of nitrogens with one attached hydrogen (secondary N) is 1. The average molecular weight is 287 g/mol. The van der Waals surface area contributed by atoms with E-state index in [0.29, 0.717) is 11.6 Å². The molecule has 0 saturated heterocycles. The fourth-order valence-electron chi connectivity index (χ4n) is 2.05. The molecule has 0 aliphatic rings. The fourth-order valence-corrected chi connectivity index (χ4v) is 2.05. The van der Waals surface area contributed by atoms with Gasteiger partial charge in [-0.3, -0.25) is 0 Å². The van der Waals surface area contributed by atoms with Gasteiger partial charge < -0.3 is 11.1 Å². The number of hydrogen-bond acceptors (Lipinski definition) is 5. The Morgan fingerprint density at radius 3 is 2.18 bits per heavy atom. The predicted molar refractivity (Wildman–Crippen MR) is 86.3 cm³/mol. The molecule has 0 radical (unpaired) electrons. The number of para-hydroxylation sites is 1. The second kappa shape index (κ2) is 5.94. The first-order chi connectivity index (χ1) is 10.8. The van der Waals surface area contributed by atoms with E-state index in [2.05, 4.69) is 21.4 Å². The highest BCUT2D eigenvalue weighted by Gasteiger charge is 2.13. The minimum atomic E-state index is 0.162. The average Bonchev–Trinajstić information content (AvgIpc) is 2.56. The van der Waals surface area contributed by atoms with Gasteiger partial charge in [0.15, 0.2) is 11.6 Å². The fraction of sp³-hybridized carbons (Fsp3) is 0. The summed E-state index contributed by atoms with van der Waals surface area (Å²) in [6, 6.07) is 21.1. The van der Waals surface area contributed by atoms with Crippen molar-refractivity contribution in [3.05, 3.63) is 66.2 Å². The highest BCUT2D eigenvalue weighted by atomic mass is 15.1. The van der Waals surface area contributed by atoms with Crippen LogP contribution in [0.4, 0.5) is 17.3 Å². The highest BCUT2D eigenvalue weighted by molar-refractivity contribution is 5.72. The van der Waals surface area contributed by atoms with Crippen LogP contribution < -0.4 is 11.1 Å². The van der Waals surface area contributed by atoms with Crippen LogP contribution in [0.2, 0.25) is 0 Å². The summed E-state index contributed by atoms with van der Waals surface area (Å²) in [6.07, 6.45) is 0. The Balaban J connectivity index is 2.08. The van der Waals surface area contributed by atoms with Crippen LogP contribution in [0, 0.1) is 11.3 Å². The lowest BCUT2D eigenvalue weighted by atomic mass is 10.2. The number of aromatic nitrogens is 2. The molecule has 106 valence electrons. The van der Waals surface area contributed by atoms with Gasteiger partial charge in [-0.2, -0.15) is 5.26 Å². The van der Waals surface area contributed by atoms with Crippen molar-refractivity contribution in [3.63, 3.8) is 0 Å². The third-order valence-electron chi connectivity index (χ3n) is 3.12. The summed E-state index contributed by atoms with van der Waals surface area (Å²) in [6.45, 7) is 0. The topological polar surface area (TPSA) is 87.6 Å². The van der Waals surface area contributed by atoms with Gasteiger partial charge >= 0.3 is 0 Å². The van der Waals surface area contributed by atoms with Crippen LogP contribution in [0.15, 0.2) is 60.7 Å². The summed E-state index contributed by atoms with van der Waals surface area (Å²) in [4.78, 5) is 8.67. The number of nitrogens with two attached hydrogens (primary N) is 1. The Bertz CT molecular complexity index is 823. The molecular formula is C17H13N5. The summed E-state index contributed by atoms with van der Waals surface area (Å²) < 4.78 is 0. The summed E-state index contributed by atoms with van der Waals surface area (Å²) >= 11 is 0. The first-order valence-electron chi connectivity index (χ1n) is 6.73. The number of nitriles is 1. The molecule has 5 nitrogen and oxygen atoms in total. The summed E-state index contributed by atoms with van der Waals surface area (Å²) in [7, 11) is 0. The van der Waals surface area contributed by atoms with Crippen LogP contribution >= 0.6 is 0 Å². The van der Waals surface area contributed by atoms with E-state index in [9.17, 15) is 5.26 Å². The highest BCUT2D eigenvalue weighted by Crippen LogP contribution is 2.25. The Labute approximate surface area is 128 Å². The second-order valence-corrected chi connectivity index (χ2v) is 4.62. The van der Waals surface area contributed by atoms with Crippen molar-refractivity contribution < 1.29 is 0 Å². The molecule has 0 aliphatic carbocycles. The SMILES string of the molecule is N#Cc1c(N)nc(-c2ccccc2)nc1Nc1ccccc1. The largest absolute Gasteiger partial charge is 0.382 e. The van der Waals surface area contributed by atoms with Crippen molar-refractivity contribution in [2.75, 3.05) is 11.1 Å². The zero-order valence-electron chi connectivity index (χ0n) is 11.7. The summed E-state index contributed by atoms with van der Waals surface area (Å²) in [5.41, 5.74) is 7.82. The zero-order chi connectivity index (χ0) is 15.4. The van der Waals surface area contributed by atoms with Crippen molar-refractivity contribution in [2.24, 2.45) is 0 Å². The minimum absolute atomic E-state index is 0.162. The molecule has 2 aromatic carbocycles. The molecule has 0 unspecified atom stereocenters. The zero-order valence-corrected chi connectivity index (χ0v) is 11.7. The molecule has 3 aromatic rings. The van der Waals surface area contributed by atoms with Gasteiger partial charge in [-0.25, -0.2) is 9.97 Å². The Kier molecular flexibility index (Phi) is 3.67. The van der Waals surface area contributed by atoms with Crippen molar-refractivity contribution in [1.82, 2.24) is 9.97 Å². The monoisotopic (exact) mass is 287 g/mol. The molecule has 0 amide bonds. The van der Waals surface area contributed by atoms with E-state index in [1.54, 1.807) is 0 Å². The number of anilines is 3. The van der Waals surface area contributed by atoms with Crippen molar-refractivity contribution in [1.29, 1.82) is 5.26 Å². The molecule has 22 heavy (non-hydrogen) atoms. The van der Waals surface area contributed by atoms with Crippen molar-refractivity contribution in [2.45, 2.75) is 0 Å². The van der Waals surface area contributed by atoms with Crippen molar-refractivity contribution in [3.8, 4) is 17.5 Å². The molecule has 0 saturated carbocycles. The molecule has 3 rings (SSSR count). The molecule has 5 heteroatoms. The molecular weight excluding hydrogens is 274 g/mol. The predicted octanol–water partition coefficient (Wildman–Crippen LogP) is 3.34. The lowest BCUT2D eigenvalue weighted by molar-refractivity contribution is 1.17. The number of benzene rings is 2. The van der Waals surface area contributed by atoms with E-state index in [-0.39, 0.29) is 11.4 Å². The van der Waals surface area contributed by atoms with Crippen LogP contribution in [-0.2, 0) is 0 Å². The first-order valence-corrected chi connectivity index (χ1v) is 6.73. The number of rotatable bonds is 3. The van der Waals surface area contributed by atoms with Gasteiger partial charge in [0.2, 0.25) is 0 Å². The van der Waals surface area contributed by atoms with Crippen LogP contribution in [0.5, 0.6) is 0 Å². The van der Waals surface area contributed by atoms with Gasteiger partial charge in [-0.05, 0) is 12.1 Å². The molecule has 1 heterocycles. The Morgan fingerprint density at radius 1 is 0.909 bits per heavy atom. The maximum atomic E-state index is 9.29. The Morgan fingerprint density at radius 2 is 1.55 bits per heavy atom. The quantitative estimate of drug-likeness (QED) is 0.771. The molecule has 0 spiro atoms. The van der Waals surface area contributed by atoms with Gasteiger partial charge in [0, 0.05) is 11.3 Å². The van der Waals surface area contributed by atoms with E-state index >= 15 is 0 Å². The van der Waals surface area contributed by atoms with Crippen LogP contribution in [-0.4, -0.2) is 9.97 Å². The van der Waals surface area contributed by atoms with Gasteiger partial charge in [0.05, 0.1) is 0 Å². The van der Waals surface area contributed by atoms with E-state index in [4.69, 9.17) is 5.73 Å². The molecule has 0 aliphatic heterocycles. The van der Waals surface area contributed by atoms with Gasteiger partial charge in [-0.15, -0.1) is 0 Å². The number of nitrogens with zero attached hydrogens (tertiary/aromatic N) is 3. The lowest BCUT2D eigenvalue weighted by Crippen LogP contribution is -2.05. The minimum Gasteiger partial charge on any atom is -0.382 e. The number of hydrogen-bond donors (Lipinski definition) is 2. The van der Waals surface area contributed by atoms with Gasteiger partial charge in [-0.1, -0.05) is 48.5 Å². The van der Waals surface area contributed by atoms with E-state index < -0.39 is 0 Å². The molecule has 3 N–H and O–H groups in total. The van der Waals surface area contributed by atoms with Crippen LogP contribution in [0.3, 0.4) is 0 Å². The third kappa shape index (κ3) is 2.72. The van der Waals surface area contributed by atoms with E-state index in [1.165, 1.54) is 0 Å². The Hall–Kier alpha value is -3.39.